The number of benzene rings is 1. The van der Waals surface area contributed by atoms with Gasteiger partial charge in [-0.1, -0.05) is 0 Å². The van der Waals surface area contributed by atoms with Crippen LogP contribution in [0.4, 0.5) is 17.6 Å². The van der Waals surface area contributed by atoms with Gasteiger partial charge in [-0.15, -0.1) is 0 Å². The SMILES string of the molecule is COc1ccc(SC(F)(F)F)c(F)c1OC. The second-order valence-corrected chi connectivity index (χ2v) is 3.77. The lowest BCUT2D eigenvalue weighted by Gasteiger charge is -2.12. The zero-order valence-corrected chi connectivity index (χ0v) is 9.21. The Kier molecular flexibility index (Phi) is 3.90. The molecule has 0 aliphatic rings. The molecule has 1 rings (SSSR count). The summed E-state index contributed by atoms with van der Waals surface area (Å²) in [4.78, 5) is -0.551. The lowest BCUT2D eigenvalue weighted by atomic mass is 10.3. The van der Waals surface area contributed by atoms with Crippen LogP contribution in [0.1, 0.15) is 0 Å². The van der Waals surface area contributed by atoms with Crippen LogP contribution in [0.5, 0.6) is 11.5 Å². The number of hydrogen-bond donors (Lipinski definition) is 0. The van der Waals surface area contributed by atoms with Gasteiger partial charge in [0.1, 0.15) is 0 Å². The van der Waals surface area contributed by atoms with E-state index < -0.39 is 28.0 Å². The van der Waals surface area contributed by atoms with Crippen molar-refractivity contribution in [1.82, 2.24) is 0 Å². The van der Waals surface area contributed by atoms with Crippen LogP contribution < -0.4 is 9.47 Å². The Labute approximate surface area is 93.5 Å². The molecule has 90 valence electrons. The summed E-state index contributed by atoms with van der Waals surface area (Å²) in [5.41, 5.74) is -4.54. The van der Waals surface area contributed by atoms with Crippen molar-refractivity contribution < 1.29 is 27.0 Å². The predicted molar refractivity (Wildman–Crippen MR) is 51.4 cm³/mol. The highest BCUT2D eigenvalue weighted by Crippen LogP contribution is 2.42. The molecule has 0 heterocycles. The minimum absolute atomic E-state index is 0.0477. The van der Waals surface area contributed by atoms with Crippen LogP contribution in [0.3, 0.4) is 0 Å². The molecule has 2 nitrogen and oxygen atoms in total. The smallest absolute Gasteiger partial charge is 0.446 e. The summed E-state index contributed by atoms with van der Waals surface area (Å²) >= 11 is -0.534. The first-order chi connectivity index (χ1) is 7.39. The first-order valence-electron chi connectivity index (χ1n) is 4.05. The summed E-state index contributed by atoms with van der Waals surface area (Å²) in [5, 5.41) is 0. The molecule has 0 N–H and O–H groups in total. The molecule has 0 atom stereocenters. The molecule has 0 unspecified atom stereocenters. The van der Waals surface area contributed by atoms with E-state index >= 15 is 0 Å². The molecule has 0 aliphatic heterocycles. The Balaban J connectivity index is 3.14. The van der Waals surface area contributed by atoms with Crippen molar-refractivity contribution in [3.63, 3.8) is 0 Å². The molecule has 0 aromatic heterocycles. The summed E-state index contributed by atoms with van der Waals surface area (Å²) < 4.78 is 59.1. The van der Waals surface area contributed by atoms with Crippen LogP contribution in [0, 0.1) is 5.82 Å². The van der Waals surface area contributed by atoms with Crippen molar-refractivity contribution in [3.8, 4) is 11.5 Å². The van der Waals surface area contributed by atoms with Gasteiger partial charge in [0.15, 0.2) is 17.3 Å². The van der Waals surface area contributed by atoms with E-state index in [1.807, 2.05) is 0 Å². The van der Waals surface area contributed by atoms with Gasteiger partial charge in [-0.2, -0.15) is 13.2 Å². The fraction of sp³-hybridized carbons (Fsp3) is 0.333. The number of halogens is 4. The molecule has 0 spiro atoms. The van der Waals surface area contributed by atoms with Gasteiger partial charge in [-0.3, -0.25) is 0 Å². The molecule has 16 heavy (non-hydrogen) atoms. The van der Waals surface area contributed by atoms with Gasteiger partial charge in [-0.05, 0) is 23.9 Å². The van der Waals surface area contributed by atoms with Gasteiger partial charge in [0.25, 0.3) is 0 Å². The fourth-order valence-corrected chi connectivity index (χ4v) is 1.64. The van der Waals surface area contributed by atoms with E-state index in [2.05, 4.69) is 4.74 Å². The van der Waals surface area contributed by atoms with Crippen LogP contribution in [0.15, 0.2) is 17.0 Å². The summed E-state index contributed by atoms with van der Waals surface area (Å²) in [6, 6.07) is 2.21. The van der Waals surface area contributed by atoms with E-state index in [1.165, 1.54) is 13.2 Å². The van der Waals surface area contributed by atoms with Crippen LogP contribution in [-0.2, 0) is 0 Å². The average Bonchev–Trinajstić information content (AvgIpc) is 2.19. The van der Waals surface area contributed by atoms with Crippen molar-refractivity contribution in [2.45, 2.75) is 10.4 Å². The number of thioether (sulfide) groups is 1. The Morgan fingerprint density at radius 2 is 1.75 bits per heavy atom. The highest BCUT2D eigenvalue weighted by Gasteiger charge is 2.32. The van der Waals surface area contributed by atoms with Crippen molar-refractivity contribution in [2.24, 2.45) is 0 Å². The van der Waals surface area contributed by atoms with E-state index in [-0.39, 0.29) is 11.5 Å². The normalized spacial score (nSPS) is 11.4. The third-order valence-electron chi connectivity index (χ3n) is 1.68. The summed E-state index contributed by atoms with van der Waals surface area (Å²) in [6.45, 7) is 0. The molecule has 0 fully saturated rings. The zero-order chi connectivity index (χ0) is 12.3. The molecule has 0 radical (unpaired) electrons. The van der Waals surface area contributed by atoms with Crippen LogP contribution in [0.2, 0.25) is 0 Å². The molecular weight excluding hydrogens is 248 g/mol. The van der Waals surface area contributed by atoms with Crippen LogP contribution >= 0.6 is 11.8 Å². The minimum atomic E-state index is -4.54. The maximum absolute atomic E-state index is 13.5. The molecule has 0 saturated heterocycles. The topological polar surface area (TPSA) is 18.5 Å². The van der Waals surface area contributed by atoms with Gasteiger partial charge >= 0.3 is 5.51 Å². The number of rotatable bonds is 3. The lowest BCUT2D eigenvalue weighted by Crippen LogP contribution is -2.02. The average molecular weight is 256 g/mol. The first-order valence-corrected chi connectivity index (χ1v) is 4.87. The Hall–Kier alpha value is -1.11. The molecular formula is C9H8F4O2S. The molecule has 7 heteroatoms. The Bertz CT molecular complexity index is 379. The van der Waals surface area contributed by atoms with Gasteiger partial charge in [0.2, 0.25) is 0 Å². The number of hydrogen-bond acceptors (Lipinski definition) is 3. The molecule has 0 aliphatic carbocycles. The second-order valence-electron chi connectivity index (χ2n) is 2.66. The molecule has 0 saturated carbocycles. The summed E-state index contributed by atoms with van der Waals surface area (Å²) in [7, 11) is 2.43. The maximum atomic E-state index is 13.5. The third-order valence-corrected chi connectivity index (χ3v) is 2.44. The molecule has 0 amide bonds. The summed E-state index contributed by atoms with van der Waals surface area (Å²) in [5.74, 6) is -1.37. The van der Waals surface area contributed by atoms with E-state index in [1.54, 1.807) is 0 Å². The molecule has 1 aromatic rings. The van der Waals surface area contributed by atoms with Crippen molar-refractivity contribution in [3.05, 3.63) is 17.9 Å². The first kappa shape index (κ1) is 13.0. The minimum Gasteiger partial charge on any atom is -0.493 e. The zero-order valence-electron chi connectivity index (χ0n) is 8.39. The van der Waals surface area contributed by atoms with Crippen LogP contribution in [0.25, 0.3) is 0 Å². The maximum Gasteiger partial charge on any atom is 0.446 e. The highest BCUT2D eigenvalue weighted by molar-refractivity contribution is 8.00. The largest absolute Gasteiger partial charge is 0.493 e. The standard InChI is InChI=1S/C9H8F4O2S/c1-14-5-3-4-6(16-9(11,12)13)7(10)8(5)15-2/h3-4H,1-2H3. The number of methoxy groups -OCH3 is 2. The number of alkyl halides is 3. The van der Waals surface area contributed by atoms with E-state index in [0.29, 0.717) is 0 Å². The summed E-state index contributed by atoms with van der Waals surface area (Å²) in [6.07, 6.45) is 0. The van der Waals surface area contributed by atoms with Crippen LogP contribution in [-0.4, -0.2) is 19.7 Å². The molecule has 0 bridgehead atoms. The van der Waals surface area contributed by atoms with E-state index in [4.69, 9.17) is 4.74 Å². The third kappa shape index (κ3) is 2.94. The van der Waals surface area contributed by atoms with Crippen molar-refractivity contribution in [2.75, 3.05) is 14.2 Å². The Morgan fingerprint density at radius 3 is 2.19 bits per heavy atom. The van der Waals surface area contributed by atoms with Gasteiger partial charge in [0, 0.05) is 0 Å². The monoisotopic (exact) mass is 256 g/mol. The fourth-order valence-electron chi connectivity index (χ4n) is 1.07. The van der Waals surface area contributed by atoms with E-state index in [0.717, 1.165) is 13.2 Å². The lowest BCUT2D eigenvalue weighted by molar-refractivity contribution is -0.0329. The van der Waals surface area contributed by atoms with Gasteiger partial charge in [-0.25, -0.2) is 4.39 Å². The second kappa shape index (κ2) is 4.82. The van der Waals surface area contributed by atoms with Crippen molar-refractivity contribution in [1.29, 1.82) is 0 Å². The molecule has 1 aromatic carbocycles. The highest BCUT2D eigenvalue weighted by atomic mass is 32.2. The Morgan fingerprint density at radius 1 is 1.12 bits per heavy atom. The quantitative estimate of drug-likeness (QED) is 0.609. The number of ether oxygens (including phenoxy) is 2. The predicted octanol–water partition coefficient (Wildman–Crippen LogP) is 3.45. The van der Waals surface area contributed by atoms with Gasteiger partial charge < -0.3 is 9.47 Å². The van der Waals surface area contributed by atoms with E-state index in [9.17, 15) is 17.6 Å². The van der Waals surface area contributed by atoms with Crippen molar-refractivity contribution >= 4 is 11.8 Å². The van der Waals surface area contributed by atoms with Gasteiger partial charge in [0.05, 0.1) is 19.1 Å².